The summed E-state index contributed by atoms with van der Waals surface area (Å²) in [5.41, 5.74) is 0.646. The van der Waals surface area contributed by atoms with Crippen molar-refractivity contribution in [3.8, 4) is 0 Å². The molecule has 0 spiro atoms. The van der Waals surface area contributed by atoms with Crippen LogP contribution in [0.3, 0.4) is 0 Å². The largest absolute Gasteiger partial charge is 0.391 e. The van der Waals surface area contributed by atoms with Crippen molar-refractivity contribution >= 4 is 0 Å². The Morgan fingerprint density at radius 3 is 1.91 bits per heavy atom. The predicted molar refractivity (Wildman–Crippen MR) is 89.7 cm³/mol. The fraction of sp³-hybridized carbons (Fsp3) is 0.667. The molecule has 0 radical (unpaired) electrons. The maximum absolute atomic E-state index is 12.9. The summed E-state index contributed by atoms with van der Waals surface area (Å²) < 4.78 is 12.9. The molecule has 1 heterocycles. The van der Waals surface area contributed by atoms with Crippen LogP contribution < -0.4 is 0 Å². The van der Waals surface area contributed by atoms with Gasteiger partial charge in [0.2, 0.25) is 0 Å². The lowest BCUT2D eigenvalue weighted by molar-refractivity contribution is 0.00718. The van der Waals surface area contributed by atoms with E-state index in [1.807, 2.05) is 20.8 Å². The summed E-state index contributed by atoms with van der Waals surface area (Å²) in [5.74, 6) is -0.285. The van der Waals surface area contributed by atoms with Crippen molar-refractivity contribution in [1.82, 2.24) is 9.80 Å². The average Bonchev–Trinajstić information content (AvgIpc) is 2.49. The number of aliphatic hydroxyl groups is 2. The lowest BCUT2D eigenvalue weighted by Crippen LogP contribution is -2.50. The molecular weight excluding hydrogens is 295 g/mol. The molecule has 0 amide bonds. The van der Waals surface area contributed by atoms with Gasteiger partial charge in [0.15, 0.2) is 0 Å². The van der Waals surface area contributed by atoms with Gasteiger partial charge < -0.3 is 10.2 Å². The third-order valence-corrected chi connectivity index (χ3v) is 4.58. The zero-order valence-corrected chi connectivity index (χ0v) is 14.4. The summed E-state index contributed by atoms with van der Waals surface area (Å²) in [6, 6.07) is 6.03. The van der Waals surface area contributed by atoms with E-state index >= 15 is 0 Å². The van der Waals surface area contributed by atoms with E-state index in [0.717, 1.165) is 31.7 Å². The maximum atomic E-state index is 12.9. The van der Waals surface area contributed by atoms with E-state index < -0.39 is 6.10 Å². The van der Waals surface area contributed by atoms with Crippen molar-refractivity contribution in [2.24, 2.45) is 5.41 Å². The Bertz CT molecular complexity index is 479. The number of aliphatic hydroxyl groups excluding tert-OH is 2. The summed E-state index contributed by atoms with van der Waals surface area (Å²) in [4.78, 5) is 4.49. The van der Waals surface area contributed by atoms with E-state index in [1.165, 1.54) is 12.1 Å². The number of β-amino-alcohol motifs (C(OH)–C–C–N with tert-alkyl or cyclic N) is 2. The predicted octanol–water partition coefficient (Wildman–Crippen LogP) is 1.88. The van der Waals surface area contributed by atoms with Crippen LogP contribution in [0.1, 0.15) is 32.4 Å². The van der Waals surface area contributed by atoms with Crippen molar-refractivity contribution in [1.29, 1.82) is 0 Å². The molecule has 2 atom stereocenters. The summed E-state index contributed by atoms with van der Waals surface area (Å²) in [5, 5.41) is 20.5. The highest BCUT2D eigenvalue weighted by atomic mass is 19.1. The normalized spacial score (nSPS) is 20.4. The quantitative estimate of drug-likeness (QED) is 0.868. The first-order valence-electron chi connectivity index (χ1n) is 8.32. The van der Waals surface area contributed by atoms with Crippen molar-refractivity contribution in [2.75, 3.05) is 39.3 Å². The summed E-state index contributed by atoms with van der Waals surface area (Å²) in [7, 11) is 0. The second kappa shape index (κ2) is 7.71. The zero-order valence-electron chi connectivity index (χ0n) is 14.4. The molecule has 1 aromatic carbocycles. The second-order valence-corrected chi connectivity index (χ2v) is 7.55. The van der Waals surface area contributed by atoms with Gasteiger partial charge >= 0.3 is 0 Å². The van der Waals surface area contributed by atoms with Crippen LogP contribution in [0.4, 0.5) is 4.39 Å². The summed E-state index contributed by atoms with van der Waals surface area (Å²) in [6.45, 7) is 10.9. The van der Waals surface area contributed by atoms with Crippen molar-refractivity contribution < 1.29 is 14.6 Å². The van der Waals surface area contributed by atoms with E-state index in [1.54, 1.807) is 12.1 Å². The van der Waals surface area contributed by atoms with Crippen LogP contribution >= 0.6 is 0 Å². The van der Waals surface area contributed by atoms with Crippen LogP contribution in [0.25, 0.3) is 0 Å². The maximum Gasteiger partial charge on any atom is 0.123 e. The van der Waals surface area contributed by atoms with Crippen molar-refractivity contribution in [3.63, 3.8) is 0 Å². The lowest BCUT2D eigenvalue weighted by Gasteiger charge is -2.38. The number of hydrogen-bond acceptors (Lipinski definition) is 4. The molecule has 1 fully saturated rings. The second-order valence-electron chi connectivity index (χ2n) is 7.55. The Morgan fingerprint density at radius 2 is 1.43 bits per heavy atom. The smallest absolute Gasteiger partial charge is 0.123 e. The number of benzene rings is 1. The van der Waals surface area contributed by atoms with E-state index in [4.69, 9.17) is 0 Å². The van der Waals surface area contributed by atoms with E-state index in [-0.39, 0.29) is 17.3 Å². The molecule has 0 bridgehead atoms. The highest BCUT2D eigenvalue weighted by molar-refractivity contribution is 5.18. The molecule has 0 unspecified atom stereocenters. The van der Waals surface area contributed by atoms with E-state index in [2.05, 4.69) is 9.80 Å². The van der Waals surface area contributed by atoms with Gasteiger partial charge in [0, 0.05) is 39.3 Å². The number of rotatable bonds is 5. The molecule has 2 rings (SSSR count). The van der Waals surface area contributed by atoms with Gasteiger partial charge in [0.05, 0.1) is 12.2 Å². The Kier molecular flexibility index (Phi) is 6.14. The first kappa shape index (κ1) is 18.3. The van der Waals surface area contributed by atoms with Crippen LogP contribution in [0.15, 0.2) is 24.3 Å². The van der Waals surface area contributed by atoms with Crippen LogP contribution in [-0.4, -0.2) is 65.4 Å². The average molecular weight is 324 g/mol. The van der Waals surface area contributed by atoms with Gasteiger partial charge in [-0.15, -0.1) is 0 Å². The summed E-state index contributed by atoms with van der Waals surface area (Å²) >= 11 is 0. The first-order valence-corrected chi connectivity index (χ1v) is 8.32. The standard InChI is InChI=1S/C18H29FN2O2/c1-18(2,3)17(23)13-21-10-8-20(9-11-21)12-16(22)14-4-6-15(19)7-5-14/h4-7,16-17,22-23H,8-13H2,1-3H3/t16-,17-/m0/s1. The van der Waals surface area contributed by atoms with Crippen molar-refractivity contribution in [2.45, 2.75) is 33.0 Å². The minimum atomic E-state index is -0.595. The Hall–Kier alpha value is -1.01. The molecule has 1 aromatic rings. The molecule has 2 N–H and O–H groups in total. The Balaban J connectivity index is 1.77. The summed E-state index contributed by atoms with van der Waals surface area (Å²) in [6.07, 6.45) is -0.929. The van der Waals surface area contributed by atoms with E-state index in [0.29, 0.717) is 13.1 Å². The topological polar surface area (TPSA) is 46.9 Å². The fourth-order valence-electron chi connectivity index (χ4n) is 2.71. The van der Waals surface area contributed by atoms with Crippen molar-refractivity contribution in [3.05, 3.63) is 35.6 Å². The Labute approximate surface area is 138 Å². The lowest BCUT2D eigenvalue weighted by atomic mass is 9.89. The zero-order chi connectivity index (χ0) is 17.0. The van der Waals surface area contributed by atoms with Gasteiger partial charge in [0.1, 0.15) is 5.82 Å². The molecule has 130 valence electrons. The van der Waals surface area contributed by atoms with E-state index in [9.17, 15) is 14.6 Å². The molecule has 0 saturated carbocycles. The van der Waals surface area contributed by atoms with Gasteiger partial charge in [-0.1, -0.05) is 32.9 Å². The van der Waals surface area contributed by atoms with Crippen LogP contribution in [0, 0.1) is 11.2 Å². The number of halogens is 1. The molecule has 1 aliphatic heterocycles. The molecule has 5 heteroatoms. The molecule has 4 nitrogen and oxygen atoms in total. The van der Waals surface area contributed by atoms with Crippen LogP contribution in [0.2, 0.25) is 0 Å². The molecule has 0 aliphatic carbocycles. The third-order valence-electron chi connectivity index (χ3n) is 4.58. The SMILES string of the molecule is CC(C)(C)[C@@H](O)CN1CCN(C[C@H](O)c2ccc(F)cc2)CC1. The van der Waals surface area contributed by atoms with Gasteiger partial charge in [-0.25, -0.2) is 4.39 Å². The van der Waals surface area contributed by atoms with Gasteiger partial charge in [-0.3, -0.25) is 9.80 Å². The highest BCUT2D eigenvalue weighted by Crippen LogP contribution is 2.21. The Morgan fingerprint density at radius 1 is 0.957 bits per heavy atom. The van der Waals surface area contributed by atoms with Gasteiger partial charge in [-0.2, -0.15) is 0 Å². The molecule has 1 saturated heterocycles. The molecule has 23 heavy (non-hydrogen) atoms. The minimum absolute atomic E-state index is 0.101. The highest BCUT2D eigenvalue weighted by Gasteiger charge is 2.27. The van der Waals surface area contributed by atoms with Gasteiger partial charge in [-0.05, 0) is 23.1 Å². The van der Waals surface area contributed by atoms with Crippen LogP contribution in [-0.2, 0) is 0 Å². The fourth-order valence-corrected chi connectivity index (χ4v) is 2.71. The number of nitrogens with zero attached hydrogens (tertiary/aromatic N) is 2. The molecule has 1 aliphatic rings. The molecule has 0 aromatic heterocycles. The number of hydrogen-bond donors (Lipinski definition) is 2. The number of piperazine rings is 1. The third kappa shape index (κ3) is 5.53. The first-order chi connectivity index (χ1) is 10.8. The monoisotopic (exact) mass is 324 g/mol. The molecular formula is C18H29FN2O2. The van der Waals surface area contributed by atoms with Gasteiger partial charge in [0.25, 0.3) is 0 Å². The minimum Gasteiger partial charge on any atom is -0.391 e. The van der Waals surface area contributed by atoms with Crippen LogP contribution in [0.5, 0.6) is 0 Å².